The lowest BCUT2D eigenvalue weighted by Gasteiger charge is -2.10. The molecule has 0 amide bonds. The molecule has 0 saturated carbocycles. The molecule has 3 aromatic rings. The number of anilines is 2. The molecule has 0 atom stereocenters. The van der Waals surface area contributed by atoms with Crippen molar-refractivity contribution in [1.29, 1.82) is 0 Å². The maximum absolute atomic E-state index is 5.31. The fourth-order valence-corrected chi connectivity index (χ4v) is 2.46. The molecule has 0 bridgehead atoms. The van der Waals surface area contributed by atoms with Gasteiger partial charge in [-0.1, -0.05) is 15.9 Å². The van der Waals surface area contributed by atoms with E-state index in [0.717, 1.165) is 26.8 Å². The smallest absolute Gasteiger partial charge is 0.175 e. The molecule has 1 aromatic heterocycles. The molecule has 0 unspecified atom stereocenters. The summed E-state index contributed by atoms with van der Waals surface area (Å²) in [6, 6.07) is 16.0. The molecule has 0 aliphatic rings. The number of hydrogen-bond donors (Lipinski definition) is 3. The van der Waals surface area contributed by atoms with Crippen LogP contribution in [0.25, 0.3) is 10.9 Å². The van der Waals surface area contributed by atoms with Gasteiger partial charge in [-0.2, -0.15) is 0 Å². The Morgan fingerprint density at radius 3 is 2.45 bits per heavy atom. The zero-order chi connectivity index (χ0) is 13.9. The normalized spacial score (nSPS) is 10.4. The number of halogens is 1. The van der Waals surface area contributed by atoms with Crippen LogP contribution in [0, 0.1) is 0 Å². The Morgan fingerprint density at radius 1 is 0.950 bits per heavy atom. The molecule has 0 aliphatic carbocycles. The molecule has 5 heteroatoms. The van der Waals surface area contributed by atoms with Gasteiger partial charge in [0.15, 0.2) is 5.11 Å². The van der Waals surface area contributed by atoms with Gasteiger partial charge in [0.2, 0.25) is 0 Å². The standard InChI is InChI=1S/C15H12BrN3S/c16-11-1-3-12(4-2-11)18-15(20)19-13-5-6-14-10(9-13)7-8-17-14/h1-9,17H,(H2,18,19,20). The van der Waals surface area contributed by atoms with E-state index < -0.39 is 0 Å². The van der Waals surface area contributed by atoms with Crippen molar-refractivity contribution in [2.24, 2.45) is 0 Å². The summed E-state index contributed by atoms with van der Waals surface area (Å²) in [4.78, 5) is 3.16. The molecule has 0 fully saturated rings. The molecule has 1 heterocycles. The Balaban J connectivity index is 1.70. The first-order chi connectivity index (χ1) is 9.70. The van der Waals surface area contributed by atoms with E-state index in [2.05, 4.69) is 37.6 Å². The van der Waals surface area contributed by atoms with Crippen LogP contribution >= 0.6 is 28.1 Å². The first kappa shape index (κ1) is 13.1. The van der Waals surface area contributed by atoms with Gasteiger partial charge in [-0.25, -0.2) is 0 Å². The van der Waals surface area contributed by atoms with Gasteiger partial charge in [-0.05, 0) is 60.7 Å². The summed E-state index contributed by atoms with van der Waals surface area (Å²) in [5.74, 6) is 0. The lowest BCUT2D eigenvalue weighted by molar-refractivity contribution is 1.48. The van der Waals surface area contributed by atoms with Crippen LogP contribution in [0.5, 0.6) is 0 Å². The quantitative estimate of drug-likeness (QED) is 0.587. The van der Waals surface area contributed by atoms with Crippen molar-refractivity contribution in [2.75, 3.05) is 10.6 Å². The molecular formula is C15H12BrN3S. The monoisotopic (exact) mass is 345 g/mol. The van der Waals surface area contributed by atoms with Gasteiger partial charge in [0.1, 0.15) is 0 Å². The van der Waals surface area contributed by atoms with E-state index >= 15 is 0 Å². The molecule has 3 N–H and O–H groups in total. The average molecular weight is 346 g/mol. The van der Waals surface area contributed by atoms with Crippen molar-refractivity contribution in [2.45, 2.75) is 0 Å². The van der Waals surface area contributed by atoms with Gasteiger partial charge < -0.3 is 15.6 Å². The lowest BCUT2D eigenvalue weighted by Crippen LogP contribution is -2.18. The second-order valence-corrected chi connectivity index (χ2v) is 5.69. The minimum absolute atomic E-state index is 0.571. The average Bonchev–Trinajstić information content (AvgIpc) is 2.89. The third-order valence-electron chi connectivity index (χ3n) is 2.91. The Hall–Kier alpha value is -1.85. The SMILES string of the molecule is S=C(Nc1ccc(Br)cc1)Nc1ccc2[nH]ccc2c1. The number of hydrogen-bond acceptors (Lipinski definition) is 1. The Morgan fingerprint density at radius 2 is 1.65 bits per heavy atom. The molecule has 0 aliphatic heterocycles. The number of aromatic nitrogens is 1. The number of thiocarbonyl (C=S) groups is 1. The summed E-state index contributed by atoms with van der Waals surface area (Å²) in [7, 11) is 0. The van der Waals surface area contributed by atoms with Crippen LogP contribution in [0.2, 0.25) is 0 Å². The van der Waals surface area contributed by atoms with Crippen LogP contribution < -0.4 is 10.6 Å². The fourth-order valence-electron chi connectivity index (χ4n) is 1.96. The van der Waals surface area contributed by atoms with Crippen molar-refractivity contribution in [1.82, 2.24) is 4.98 Å². The van der Waals surface area contributed by atoms with E-state index in [1.807, 2.05) is 48.7 Å². The highest BCUT2D eigenvalue weighted by Gasteiger charge is 2.01. The van der Waals surface area contributed by atoms with Crippen molar-refractivity contribution < 1.29 is 0 Å². The van der Waals surface area contributed by atoms with Gasteiger partial charge in [0.05, 0.1) is 0 Å². The lowest BCUT2D eigenvalue weighted by atomic mass is 10.2. The van der Waals surface area contributed by atoms with E-state index in [4.69, 9.17) is 12.2 Å². The highest BCUT2D eigenvalue weighted by molar-refractivity contribution is 9.10. The summed E-state index contributed by atoms with van der Waals surface area (Å²) >= 11 is 8.72. The number of benzene rings is 2. The second kappa shape index (κ2) is 5.64. The van der Waals surface area contributed by atoms with Crippen LogP contribution in [0.4, 0.5) is 11.4 Å². The van der Waals surface area contributed by atoms with E-state index in [0.29, 0.717) is 5.11 Å². The Labute approximate surface area is 130 Å². The van der Waals surface area contributed by atoms with Crippen molar-refractivity contribution in [3.8, 4) is 0 Å². The zero-order valence-electron chi connectivity index (χ0n) is 10.5. The van der Waals surface area contributed by atoms with E-state index in [9.17, 15) is 0 Å². The van der Waals surface area contributed by atoms with E-state index in [-0.39, 0.29) is 0 Å². The molecular weight excluding hydrogens is 334 g/mol. The third kappa shape index (κ3) is 3.00. The third-order valence-corrected chi connectivity index (χ3v) is 3.65. The van der Waals surface area contributed by atoms with E-state index in [1.54, 1.807) is 0 Å². The fraction of sp³-hybridized carbons (Fsp3) is 0. The minimum atomic E-state index is 0.571. The van der Waals surface area contributed by atoms with Gasteiger partial charge in [0, 0.05) is 32.9 Å². The molecule has 0 spiro atoms. The van der Waals surface area contributed by atoms with Crippen LogP contribution in [0.15, 0.2) is 59.2 Å². The summed E-state index contributed by atoms with van der Waals surface area (Å²) in [5.41, 5.74) is 3.03. The van der Waals surface area contributed by atoms with Gasteiger partial charge >= 0.3 is 0 Å². The minimum Gasteiger partial charge on any atom is -0.361 e. The van der Waals surface area contributed by atoms with Crippen molar-refractivity contribution >= 4 is 55.5 Å². The molecule has 0 radical (unpaired) electrons. The highest BCUT2D eigenvalue weighted by Crippen LogP contribution is 2.18. The summed E-state index contributed by atoms with van der Waals surface area (Å²) in [6.45, 7) is 0. The maximum Gasteiger partial charge on any atom is 0.175 e. The number of aromatic amines is 1. The number of rotatable bonds is 2. The summed E-state index contributed by atoms with van der Waals surface area (Å²) in [6.07, 6.45) is 1.92. The van der Waals surface area contributed by atoms with Gasteiger partial charge in [-0.3, -0.25) is 0 Å². The van der Waals surface area contributed by atoms with Gasteiger partial charge in [0.25, 0.3) is 0 Å². The molecule has 3 rings (SSSR count). The largest absolute Gasteiger partial charge is 0.361 e. The van der Waals surface area contributed by atoms with Crippen molar-refractivity contribution in [3.05, 3.63) is 59.2 Å². The predicted octanol–water partition coefficient (Wildman–Crippen LogP) is 4.74. The van der Waals surface area contributed by atoms with E-state index in [1.165, 1.54) is 0 Å². The first-order valence-corrected chi connectivity index (χ1v) is 7.31. The van der Waals surface area contributed by atoms with Crippen LogP contribution in [0.3, 0.4) is 0 Å². The van der Waals surface area contributed by atoms with Crippen LogP contribution in [-0.2, 0) is 0 Å². The molecule has 100 valence electrons. The van der Waals surface area contributed by atoms with Crippen LogP contribution in [-0.4, -0.2) is 10.1 Å². The van der Waals surface area contributed by atoms with Crippen molar-refractivity contribution in [3.63, 3.8) is 0 Å². The predicted molar refractivity (Wildman–Crippen MR) is 92.3 cm³/mol. The number of H-pyrrole nitrogens is 1. The second-order valence-electron chi connectivity index (χ2n) is 4.37. The van der Waals surface area contributed by atoms with Crippen LogP contribution in [0.1, 0.15) is 0 Å². The zero-order valence-corrected chi connectivity index (χ0v) is 12.9. The topological polar surface area (TPSA) is 39.8 Å². The summed E-state index contributed by atoms with van der Waals surface area (Å²) < 4.78 is 1.04. The molecule has 0 saturated heterocycles. The molecule has 20 heavy (non-hydrogen) atoms. The maximum atomic E-state index is 5.31. The Bertz CT molecular complexity index is 749. The Kier molecular flexibility index (Phi) is 3.71. The molecule has 2 aromatic carbocycles. The molecule has 3 nitrogen and oxygen atoms in total. The van der Waals surface area contributed by atoms with Gasteiger partial charge in [-0.15, -0.1) is 0 Å². The summed E-state index contributed by atoms with van der Waals surface area (Å²) in [5, 5.41) is 8.06. The highest BCUT2D eigenvalue weighted by atomic mass is 79.9. The number of nitrogens with one attached hydrogen (secondary N) is 3. The number of fused-ring (bicyclic) bond motifs is 1. The first-order valence-electron chi connectivity index (χ1n) is 6.11.